The molecule has 16 heteroatoms. The van der Waals surface area contributed by atoms with Crippen molar-refractivity contribution in [3.05, 3.63) is 79.1 Å². The normalized spacial score (nSPS) is 21.5. The molecule has 4 rings (SSSR count). The average Bonchev–Trinajstić information content (AvgIpc) is 3.48. The van der Waals surface area contributed by atoms with E-state index in [1.54, 1.807) is 6.20 Å². The zero-order valence-electron chi connectivity index (χ0n) is 20.4. The summed E-state index contributed by atoms with van der Waals surface area (Å²) in [7, 11) is -2.54. The Morgan fingerprint density at radius 3 is 2.95 bits per heavy atom. The number of benzene rings is 1. The van der Waals surface area contributed by atoms with Gasteiger partial charge in [-0.1, -0.05) is 23.3 Å². The van der Waals surface area contributed by atoms with E-state index in [0.29, 0.717) is 5.56 Å². The Labute approximate surface area is 221 Å². The predicted molar refractivity (Wildman–Crippen MR) is 141 cm³/mol. The number of aromatic amines is 2. The maximum atomic E-state index is 12.5. The summed E-state index contributed by atoms with van der Waals surface area (Å²) >= 11 is 5.26. The zero-order valence-corrected chi connectivity index (χ0v) is 22.1. The van der Waals surface area contributed by atoms with Crippen LogP contribution in [0.4, 0.5) is 0 Å². The first-order valence-electron chi connectivity index (χ1n) is 11.5. The number of ether oxygens (including phenoxy) is 2. The van der Waals surface area contributed by atoms with E-state index >= 15 is 0 Å². The van der Waals surface area contributed by atoms with Crippen molar-refractivity contribution in [3.63, 3.8) is 0 Å². The van der Waals surface area contributed by atoms with E-state index in [2.05, 4.69) is 25.1 Å². The Bertz CT molecular complexity index is 1480. The van der Waals surface area contributed by atoms with Crippen LogP contribution in [0.5, 0.6) is 0 Å². The monoisotopic (exact) mass is 563 g/mol. The van der Waals surface area contributed by atoms with E-state index in [9.17, 15) is 19.3 Å². The van der Waals surface area contributed by atoms with E-state index in [1.807, 2.05) is 24.3 Å². The number of aromatic nitrogens is 3. The molecule has 0 spiro atoms. The first-order valence-corrected chi connectivity index (χ1v) is 14.2. The maximum absolute atomic E-state index is 12.5. The Hall–Kier alpha value is -3.16. The molecule has 2 aromatic heterocycles. The second-order valence-electron chi connectivity index (χ2n) is 8.70. The van der Waals surface area contributed by atoms with Crippen molar-refractivity contribution in [2.24, 2.45) is 5.11 Å². The summed E-state index contributed by atoms with van der Waals surface area (Å²) in [5.41, 5.74) is 9.78. The summed E-state index contributed by atoms with van der Waals surface area (Å²) in [5, 5.41) is 7.33. The smallest absolute Gasteiger partial charge is 0.330 e. The average molecular weight is 564 g/mol. The minimum absolute atomic E-state index is 0.122. The quantitative estimate of drug-likeness (QED) is 0.0711. The van der Waals surface area contributed by atoms with Gasteiger partial charge in [-0.15, -0.1) is 5.09 Å². The molecule has 3 aromatic rings. The summed E-state index contributed by atoms with van der Waals surface area (Å²) in [6, 6.07) is 5.80. The number of carbonyl (C=O) groups is 1. The molecule has 4 N–H and O–H groups in total. The van der Waals surface area contributed by atoms with Gasteiger partial charge in [-0.3, -0.25) is 19.1 Å². The van der Waals surface area contributed by atoms with Gasteiger partial charge in [0.05, 0.1) is 19.3 Å². The molecule has 1 saturated heterocycles. The molecule has 0 amide bonds. The van der Waals surface area contributed by atoms with Gasteiger partial charge in [0.1, 0.15) is 18.9 Å². The number of aryl methyl sites for hydroxylation is 1. The van der Waals surface area contributed by atoms with Crippen molar-refractivity contribution in [2.45, 2.75) is 44.2 Å². The van der Waals surface area contributed by atoms with Gasteiger partial charge in [0.15, 0.2) is 0 Å². The molecule has 1 fully saturated rings. The molecular weight excluding hydrogens is 537 g/mol. The van der Waals surface area contributed by atoms with Crippen LogP contribution in [0.25, 0.3) is 21.3 Å². The van der Waals surface area contributed by atoms with E-state index in [4.69, 9.17) is 31.8 Å². The molecule has 202 valence electrons. The highest BCUT2D eigenvalue weighted by molar-refractivity contribution is 8.36. The van der Waals surface area contributed by atoms with Gasteiger partial charge >= 0.3 is 11.7 Å². The summed E-state index contributed by atoms with van der Waals surface area (Å²) in [6.07, 6.45) is 1.69. The molecule has 38 heavy (non-hydrogen) atoms. The third kappa shape index (κ3) is 6.27. The minimum Gasteiger partial charge on any atom is -0.473 e. The molecule has 14 nitrogen and oxygen atoms in total. The van der Waals surface area contributed by atoms with Crippen molar-refractivity contribution >= 4 is 36.2 Å². The topological polar surface area (TPSA) is 196 Å². The van der Waals surface area contributed by atoms with E-state index in [0.717, 1.165) is 16.5 Å². The van der Waals surface area contributed by atoms with E-state index in [1.165, 1.54) is 24.8 Å². The maximum Gasteiger partial charge on any atom is 0.330 e. The predicted octanol–water partition coefficient (Wildman–Crippen LogP) is 1.90. The third-order valence-electron chi connectivity index (χ3n) is 6.18. The van der Waals surface area contributed by atoms with Gasteiger partial charge < -0.3 is 26.7 Å². The Morgan fingerprint density at radius 1 is 1.45 bits per heavy atom. The van der Waals surface area contributed by atoms with E-state index in [-0.39, 0.29) is 19.4 Å². The van der Waals surface area contributed by atoms with Gasteiger partial charge in [-0.25, -0.2) is 14.2 Å². The third-order valence-corrected chi connectivity index (χ3v) is 7.95. The zero-order chi connectivity index (χ0) is 27.4. The first-order chi connectivity index (χ1) is 18.1. The van der Waals surface area contributed by atoms with Crippen molar-refractivity contribution in [1.29, 1.82) is 0 Å². The van der Waals surface area contributed by atoms with Gasteiger partial charge in [0.2, 0.25) is 7.07 Å². The molecule has 0 bridgehead atoms. The summed E-state index contributed by atoms with van der Waals surface area (Å²) in [4.78, 5) is 55.5. The summed E-state index contributed by atoms with van der Waals surface area (Å²) < 4.78 is 17.5. The number of hydrogen-bond acceptors (Lipinski definition) is 10. The SMILES string of the molecule is COC(=O)[C@H](Cc1c[nH]c2ccccc12)N[P+](O)([S-])OC[C@H]1O[C@@H](n2cc(C)c(=O)[nH]c2=O)C[C@H]1N=[N+]=[N-]. The number of rotatable bonds is 10. The molecule has 3 heterocycles. The lowest BCUT2D eigenvalue weighted by molar-refractivity contribution is -0.142. The van der Waals surface area contributed by atoms with Gasteiger partial charge in [0, 0.05) is 46.6 Å². The van der Waals surface area contributed by atoms with Crippen LogP contribution < -0.4 is 16.3 Å². The summed E-state index contributed by atoms with van der Waals surface area (Å²) in [6.45, 7) is 1.25. The van der Waals surface area contributed by atoms with Crippen molar-refractivity contribution in [2.75, 3.05) is 13.7 Å². The molecule has 1 unspecified atom stereocenters. The molecule has 1 aliphatic rings. The Kier molecular flexibility index (Phi) is 8.58. The summed E-state index contributed by atoms with van der Waals surface area (Å²) in [5.74, 6) is -0.640. The lowest BCUT2D eigenvalue weighted by Gasteiger charge is -2.28. The second kappa shape index (κ2) is 11.7. The van der Waals surface area contributed by atoms with E-state index < -0.39 is 48.7 Å². The Balaban J connectivity index is 1.46. The fraction of sp³-hybridized carbons (Fsp3) is 0.409. The number of nitrogens with zero attached hydrogens (tertiary/aromatic N) is 4. The molecule has 0 radical (unpaired) electrons. The number of azide groups is 1. The molecule has 1 aromatic carbocycles. The van der Waals surface area contributed by atoms with Crippen LogP contribution in [-0.4, -0.2) is 57.3 Å². The van der Waals surface area contributed by atoms with Crippen LogP contribution in [0.1, 0.15) is 23.8 Å². The highest BCUT2D eigenvalue weighted by Gasteiger charge is 2.40. The minimum atomic E-state index is -3.77. The number of H-pyrrole nitrogens is 2. The van der Waals surface area contributed by atoms with Crippen LogP contribution >= 0.6 is 7.07 Å². The second-order valence-corrected chi connectivity index (χ2v) is 11.7. The molecule has 5 atom stereocenters. The number of hydrogen-bond donors (Lipinski definition) is 4. The molecule has 0 aliphatic carbocycles. The molecule has 1 aliphatic heterocycles. The highest BCUT2D eigenvalue weighted by Crippen LogP contribution is 2.50. The van der Waals surface area contributed by atoms with Crippen molar-refractivity contribution < 1.29 is 23.7 Å². The fourth-order valence-corrected chi connectivity index (χ4v) is 5.86. The van der Waals surface area contributed by atoms with Crippen molar-refractivity contribution in [1.82, 2.24) is 19.6 Å². The number of esters is 1. The van der Waals surface area contributed by atoms with Crippen LogP contribution in [0.2, 0.25) is 0 Å². The molecular formula is C22H26N7O7PS. The molecule has 0 saturated carbocycles. The van der Waals surface area contributed by atoms with Crippen LogP contribution in [-0.2, 0) is 37.5 Å². The van der Waals surface area contributed by atoms with Gasteiger partial charge in [-0.05, 0) is 24.1 Å². The van der Waals surface area contributed by atoms with Crippen LogP contribution in [0, 0.1) is 6.92 Å². The number of nitrogens with one attached hydrogen (secondary N) is 3. The van der Waals surface area contributed by atoms with Crippen LogP contribution in [0.15, 0.2) is 51.4 Å². The lowest BCUT2D eigenvalue weighted by Crippen LogP contribution is -2.40. The number of fused-ring (bicyclic) bond motifs is 1. The number of carbonyl (C=O) groups excluding carboxylic acids is 1. The van der Waals surface area contributed by atoms with Crippen LogP contribution in [0.3, 0.4) is 0 Å². The Morgan fingerprint density at radius 2 is 2.21 bits per heavy atom. The number of methoxy groups -OCH3 is 1. The number of para-hydroxylation sites is 1. The fourth-order valence-electron chi connectivity index (χ4n) is 4.28. The largest absolute Gasteiger partial charge is 0.473 e. The highest BCUT2D eigenvalue weighted by atomic mass is 32.7. The first kappa shape index (κ1) is 27.9. The van der Waals surface area contributed by atoms with Gasteiger partial charge in [0.25, 0.3) is 5.56 Å². The van der Waals surface area contributed by atoms with Crippen molar-refractivity contribution in [3.8, 4) is 0 Å². The van der Waals surface area contributed by atoms with Gasteiger partial charge in [-0.2, -0.15) is 0 Å². The lowest BCUT2D eigenvalue weighted by atomic mass is 10.1. The standard InChI is InChI=1S/C22H26N7O7PS/c1-12-10-29(22(32)25-20(12)30)19-8-16(26-28-23)18(36-19)11-35-37(33,38)27-17(21(31)34-2)7-13-9-24-15-6-4-3-5-14(13)15/h3-6,9-10,16-19,24H,7-8,11H2,1-2H3,(H,25,30,32)(H2,27,33,38)/t16-,17+,18-,19-,37?/m1/s1.